The summed E-state index contributed by atoms with van der Waals surface area (Å²) in [6, 6.07) is 4.04. The zero-order valence-corrected chi connectivity index (χ0v) is 13.4. The third-order valence-corrected chi connectivity index (χ3v) is 4.13. The Bertz CT molecular complexity index is 567. The van der Waals surface area contributed by atoms with Crippen LogP contribution in [-0.4, -0.2) is 18.4 Å². The van der Waals surface area contributed by atoms with Gasteiger partial charge in [0, 0.05) is 23.6 Å². The van der Waals surface area contributed by atoms with Crippen LogP contribution in [0, 0.1) is 17.7 Å². The second-order valence-corrected chi connectivity index (χ2v) is 6.37. The van der Waals surface area contributed by atoms with Crippen LogP contribution in [-0.2, 0) is 9.59 Å². The van der Waals surface area contributed by atoms with Gasteiger partial charge in [-0.1, -0.05) is 31.5 Å². The van der Waals surface area contributed by atoms with Crippen molar-refractivity contribution in [3.05, 3.63) is 34.6 Å². The monoisotopic (exact) mass is 326 g/mol. The maximum absolute atomic E-state index is 14.1. The quantitative estimate of drug-likeness (QED) is 0.894. The molecule has 0 spiro atoms. The highest BCUT2D eigenvalue weighted by Crippen LogP contribution is 2.27. The number of piperidine rings is 1. The van der Waals surface area contributed by atoms with Crippen molar-refractivity contribution in [1.29, 1.82) is 0 Å². The summed E-state index contributed by atoms with van der Waals surface area (Å²) in [5, 5.41) is 5.91. The van der Waals surface area contributed by atoms with Gasteiger partial charge in [-0.25, -0.2) is 4.39 Å². The average Bonchev–Trinajstić information content (AvgIpc) is 2.45. The number of halogens is 2. The summed E-state index contributed by atoms with van der Waals surface area (Å²) in [6.45, 7) is 4.17. The van der Waals surface area contributed by atoms with Gasteiger partial charge >= 0.3 is 0 Å². The minimum Gasteiger partial charge on any atom is -0.355 e. The number of rotatable bonds is 4. The highest BCUT2D eigenvalue weighted by atomic mass is 35.5. The van der Waals surface area contributed by atoms with Crippen molar-refractivity contribution in [3.8, 4) is 0 Å². The molecule has 22 heavy (non-hydrogen) atoms. The molecule has 0 aliphatic carbocycles. The summed E-state index contributed by atoms with van der Waals surface area (Å²) >= 11 is 5.77. The average molecular weight is 327 g/mol. The Morgan fingerprint density at radius 3 is 2.73 bits per heavy atom. The Labute approximate surface area is 134 Å². The van der Waals surface area contributed by atoms with E-state index in [-0.39, 0.29) is 23.7 Å². The first kappa shape index (κ1) is 16.7. The lowest BCUT2D eigenvalue weighted by Crippen LogP contribution is -2.44. The normalized spacial score (nSPS) is 19.7. The van der Waals surface area contributed by atoms with Crippen molar-refractivity contribution in [2.45, 2.75) is 32.7 Å². The molecule has 2 atom stereocenters. The van der Waals surface area contributed by atoms with E-state index in [1.807, 2.05) is 13.8 Å². The van der Waals surface area contributed by atoms with Crippen LogP contribution in [0.25, 0.3) is 0 Å². The van der Waals surface area contributed by atoms with E-state index in [2.05, 4.69) is 10.6 Å². The molecule has 1 aromatic rings. The van der Waals surface area contributed by atoms with Gasteiger partial charge in [-0.2, -0.15) is 0 Å². The highest BCUT2D eigenvalue weighted by molar-refractivity contribution is 6.30. The van der Waals surface area contributed by atoms with Crippen molar-refractivity contribution >= 4 is 23.4 Å². The highest BCUT2D eigenvalue weighted by Gasteiger charge is 2.28. The third-order valence-electron chi connectivity index (χ3n) is 3.90. The molecule has 1 saturated heterocycles. The lowest BCUT2D eigenvalue weighted by molar-refractivity contribution is -0.129. The number of hydrogen-bond donors (Lipinski definition) is 2. The SMILES string of the molecule is CC(C)[C@H](NC(=O)[C@H]1CCC(=O)NC1)c1ccc(Cl)cc1F. The van der Waals surface area contributed by atoms with Crippen LogP contribution in [0.2, 0.25) is 5.02 Å². The molecule has 0 radical (unpaired) electrons. The summed E-state index contributed by atoms with van der Waals surface area (Å²) in [6.07, 6.45) is 0.866. The molecule has 0 bridgehead atoms. The fraction of sp³-hybridized carbons (Fsp3) is 0.500. The molecule has 1 fully saturated rings. The van der Waals surface area contributed by atoms with E-state index in [1.165, 1.54) is 6.07 Å². The molecule has 2 N–H and O–H groups in total. The molecule has 1 aliphatic heterocycles. The van der Waals surface area contributed by atoms with Crippen LogP contribution in [0.15, 0.2) is 18.2 Å². The van der Waals surface area contributed by atoms with Crippen molar-refractivity contribution in [3.63, 3.8) is 0 Å². The predicted octanol–water partition coefficient (Wildman–Crippen LogP) is 2.82. The molecule has 1 aliphatic rings. The first-order valence-corrected chi connectivity index (χ1v) is 7.78. The third kappa shape index (κ3) is 3.97. The van der Waals surface area contributed by atoms with Gasteiger partial charge in [-0.3, -0.25) is 9.59 Å². The van der Waals surface area contributed by atoms with Crippen LogP contribution in [0.1, 0.15) is 38.3 Å². The van der Waals surface area contributed by atoms with Gasteiger partial charge in [0.15, 0.2) is 0 Å². The van der Waals surface area contributed by atoms with E-state index in [9.17, 15) is 14.0 Å². The van der Waals surface area contributed by atoms with E-state index in [0.29, 0.717) is 30.0 Å². The van der Waals surface area contributed by atoms with Gasteiger partial charge < -0.3 is 10.6 Å². The smallest absolute Gasteiger partial charge is 0.225 e. The summed E-state index contributed by atoms with van der Waals surface area (Å²) in [5.74, 6) is -0.864. The molecule has 1 aromatic carbocycles. The van der Waals surface area contributed by atoms with E-state index in [4.69, 9.17) is 11.6 Å². The van der Waals surface area contributed by atoms with E-state index in [0.717, 1.165) is 0 Å². The van der Waals surface area contributed by atoms with Gasteiger partial charge in [-0.15, -0.1) is 0 Å². The number of nitrogens with one attached hydrogen (secondary N) is 2. The van der Waals surface area contributed by atoms with Crippen molar-refractivity contribution in [2.24, 2.45) is 11.8 Å². The predicted molar refractivity (Wildman–Crippen MR) is 82.9 cm³/mol. The van der Waals surface area contributed by atoms with E-state index >= 15 is 0 Å². The molecule has 120 valence electrons. The van der Waals surface area contributed by atoms with E-state index in [1.54, 1.807) is 12.1 Å². The number of amides is 2. The van der Waals surface area contributed by atoms with Crippen molar-refractivity contribution in [1.82, 2.24) is 10.6 Å². The Balaban J connectivity index is 2.12. The Morgan fingerprint density at radius 1 is 1.45 bits per heavy atom. The first-order valence-electron chi connectivity index (χ1n) is 7.40. The molecule has 0 saturated carbocycles. The zero-order chi connectivity index (χ0) is 16.3. The Morgan fingerprint density at radius 2 is 2.18 bits per heavy atom. The Kier molecular flexibility index (Phi) is 5.40. The fourth-order valence-corrected chi connectivity index (χ4v) is 2.74. The molecular weight excluding hydrogens is 307 g/mol. The van der Waals surface area contributed by atoms with Crippen LogP contribution in [0.4, 0.5) is 4.39 Å². The maximum atomic E-state index is 14.1. The molecule has 2 amide bonds. The number of carbonyl (C=O) groups excluding carboxylic acids is 2. The number of hydrogen-bond acceptors (Lipinski definition) is 2. The fourth-order valence-electron chi connectivity index (χ4n) is 2.58. The first-order chi connectivity index (χ1) is 10.4. The molecular formula is C16H20ClFN2O2. The van der Waals surface area contributed by atoms with Crippen LogP contribution in [0.5, 0.6) is 0 Å². The Hall–Kier alpha value is -1.62. The van der Waals surface area contributed by atoms with Crippen molar-refractivity contribution < 1.29 is 14.0 Å². The zero-order valence-electron chi connectivity index (χ0n) is 12.7. The van der Waals surface area contributed by atoms with Crippen LogP contribution in [0.3, 0.4) is 0 Å². The summed E-state index contributed by atoms with van der Waals surface area (Å²) in [4.78, 5) is 23.5. The summed E-state index contributed by atoms with van der Waals surface area (Å²) in [5.41, 5.74) is 0.424. The molecule has 6 heteroatoms. The molecule has 0 unspecified atom stereocenters. The van der Waals surface area contributed by atoms with E-state index < -0.39 is 11.9 Å². The van der Waals surface area contributed by atoms with Gasteiger partial charge in [0.2, 0.25) is 11.8 Å². The minimum atomic E-state index is -0.428. The van der Waals surface area contributed by atoms with Crippen LogP contribution < -0.4 is 10.6 Å². The second-order valence-electron chi connectivity index (χ2n) is 5.94. The van der Waals surface area contributed by atoms with Gasteiger partial charge in [0.25, 0.3) is 0 Å². The number of carbonyl (C=O) groups is 2. The van der Waals surface area contributed by atoms with Crippen LogP contribution >= 0.6 is 11.6 Å². The minimum absolute atomic E-state index is 0.0257. The lowest BCUT2D eigenvalue weighted by atomic mass is 9.93. The molecule has 1 heterocycles. The maximum Gasteiger partial charge on any atom is 0.225 e. The van der Waals surface area contributed by atoms with Gasteiger partial charge in [-0.05, 0) is 24.5 Å². The molecule has 2 rings (SSSR count). The van der Waals surface area contributed by atoms with Crippen molar-refractivity contribution in [2.75, 3.05) is 6.54 Å². The summed E-state index contributed by atoms with van der Waals surface area (Å²) in [7, 11) is 0. The summed E-state index contributed by atoms with van der Waals surface area (Å²) < 4.78 is 14.1. The van der Waals surface area contributed by atoms with Gasteiger partial charge in [0.05, 0.1) is 12.0 Å². The standard InChI is InChI=1S/C16H20ClFN2O2/c1-9(2)15(12-5-4-11(17)7-13(12)18)20-16(22)10-3-6-14(21)19-8-10/h4-5,7,9-10,15H,3,6,8H2,1-2H3,(H,19,21)(H,20,22)/t10-,15-/m0/s1. The molecule has 4 nitrogen and oxygen atoms in total. The number of benzene rings is 1. The second kappa shape index (κ2) is 7.09. The largest absolute Gasteiger partial charge is 0.355 e. The lowest BCUT2D eigenvalue weighted by Gasteiger charge is -2.28. The molecule has 0 aromatic heterocycles. The topological polar surface area (TPSA) is 58.2 Å². The van der Waals surface area contributed by atoms with Gasteiger partial charge in [0.1, 0.15) is 5.82 Å².